The van der Waals surface area contributed by atoms with Gasteiger partial charge in [-0.2, -0.15) is 5.10 Å². The molecule has 21 heavy (non-hydrogen) atoms. The highest BCUT2D eigenvalue weighted by atomic mass is 32.1. The number of nitrogens with zero attached hydrogens (tertiary/aromatic N) is 1. The lowest BCUT2D eigenvalue weighted by atomic mass is 10.1. The lowest BCUT2D eigenvalue weighted by Crippen LogP contribution is -2.10. The smallest absolute Gasteiger partial charge is 0.266 e. The molecule has 0 atom stereocenters. The van der Waals surface area contributed by atoms with Crippen molar-refractivity contribution in [2.24, 2.45) is 0 Å². The number of hydrogen-bond acceptors (Lipinski definition) is 3. The third-order valence-electron chi connectivity index (χ3n) is 3.19. The Morgan fingerprint density at radius 3 is 2.86 bits per heavy atom. The second kappa shape index (κ2) is 5.29. The van der Waals surface area contributed by atoms with Gasteiger partial charge in [-0.05, 0) is 24.1 Å². The largest absolute Gasteiger partial charge is 0.304 e. The van der Waals surface area contributed by atoms with Crippen molar-refractivity contribution in [3.05, 3.63) is 46.7 Å². The predicted molar refractivity (Wildman–Crippen MR) is 82.4 cm³/mol. The first kappa shape index (κ1) is 13.8. The van der Waals surface area contributed by atoms with E-state index < -0.39 is 0 Å². The summed E-state index contributed by atoms with van der Waals surface area (Å²) in [5.41, 5.74) is 0.952. The number of carbonyl (C=O) groups excluding carboxylic acids is 1. The van der Waals surface area contributed by atoms with E-state index in [9.17, 15) is 9.18 Å². The quantitative estimate of drug-likeness (QED) is 0.764. The Labute approximate surface area is 125 Å². The second-order valence-corrected chi connectivity index (χ2v) is 6.16. The zero-order valence-electron chi connectivity index (χ0n) is 11.6. The van der Waals surface area contributed by atoms with Gasteiger partial charge in [-0.15, -0.1) is 11.3 Å². The van der Waals surface area contributed by atoms with E-state index in [4.69, 9.17) is 0 Å². The molecule has 0 saturated carbocycles. The number of aromatic amines is 1. The highest BCUT2D eigenvalue weighted by molar-refractivity contribution is 7.20. The van der Waals surface area contributed by atoms with Crippen LogP contribution in [0.2, 0.25) is 0 Å². The molecule has 0 spiro atoms. The third kappa shape index (κ3) is 2.67. The Morgan fingerprint density at radius 2 is 2.19 bits per heavy atom. The van der Waals surface area contributed by atoms with Gasteiger partial charge in [0.15, 0.2) is 5.82 Å². The maximum atomic E-state index is 13.6. The van der Waals surface area contributed by atoms with Gasteiger partial charge in [0.2, 0.25) is 0 Å². The molecule has 1 aromatic carbocycles. The number of H-pyrrole nitrogens is 1. The van der Waals surface area contributed by atoms with E-state index in [0.717, 1.165) is 10.4 Å². The lowest BCUT2D eigenvalue weighted by Gasteiger charge is -1.98. The summed E-state index contributed by atoms with van der Waals surface area (Å²) in [5, 5.41) is 10.1. The number of rotatable bonds is 3. The zero-order chi connectivity index (χ0) is 15.0. The normalized spacial score (nSPS) is 11.2. The summed E-state index contributed by atoms with van der Waals surface area (Å²) in [7, 11) is 0. The summed E-state index contributed by atoms with van der Waals surface area (Å²) in [4.78, 5) is 12.7. The number of benzene rings is 1. The molecule has 2 aromatic heterocycles. The maximum absolute atomic E-state index is 13.6. The number of carbonyl (C=O) groups is 1. The van der Waals surface area contributed by atoms with E-state index in [2.05, 4.69) is 15.5 Å². The van der Waals surface area contributed by atoms with Gasteiger partial charge < -0.3 is 5.32 Å². The highest BCUT2D eigenvalue weighted by Crippen LogP contribution is 2.28. The molecule has 3 rings (SSSR count). The molecular formula is C15H14FN3OS. The molecule has 108 valence electrons. The molecule has 0 aliphatic carbocycles. The van der Waals surface area contributed by atoms with E-state index in [0.29, 0.717) is 22.0 Å². The Balaban J connectivity index is 1.84. The highest BCUT2D eigenvalue weighted by Gasteiger charge is 2.14. The molecule has 0 aliphatic heterocycles. The minimum Gasteiger partial charge on any atom is -0.304 e. The van der Waals surface area contributed by atoms with Gasteiger partial charge in [-0.3, -0.25) is 9.89 Å². The van der Waals surface area contributed by atoms with E-state index in [1.54, 1.807) is 24.3 Å². The van der Waals surface area contributed by atoms with Crippen molar-refractivity contribution in [1.29, 1.82) is 0 Å². The average Bonchev–Trinajstić information content (AvgIpc) is 3.05. The standard InChI is InChI=1S/C15H14FN3OS/c1-8(2)11-7-14(19-18-11)17-15(20)13-6-9-10(16)4-3-5-12(9)21-13/h3-8H,1-2H3,(H2,17,18,19,20). The van der Waals surface area contributed by atoms with Crippen LogP contribution < -0.4 is 5.32 Å². The van der Waals surface area contributed by atoms with Gasteiger partial charge in [-0.1, -0.05) is 19.9 Å². The van der Waals surface area contributed by atoms with E-state index in [1.807, 2.05) is 13.8 Å². The monoisotopic (exact) mass is 303 g/mol. The average molecular weight is 303 g/mol. The van der Waals surface area contributed by atoms with Crippen LogP contribution in [0.3, 0.4) is 0 Å². The summed E-state index contributed by atoms with van der Waals surface area (Å²) in [6, 6.07) is 8.19. The van der Waals surface area contributed by atoms with Crippen molar-refractivity contribution < 1.29 is 9.18 Å². The first-order valence-corrected chi connectivity index (χ1v) is 7.41. The molecule has 0 aliphatic rings. The molecule has 0 fully saturated rings. The number of anilines is 1. The maximum Gasteiger partial charge on any atom is 0.266 e. The summed E-state index contributed by atoms with van der Waals surface area (Å²) in [5.74, 6) is 0.185. The van der Waals surface area contributed by atoms with Crippen molar-refractivity contribution in [3.63, 3.8) is 0 Å². The number of thiophene rings is 1. The van der Waals surface area contributed by atoms with Crippen LogP contribution in [0, 0.1) is 5.82 Å². The Morgan fingerprint density at radius 1 is 1.38 bits per heavy atom. The van der Waals surface area contributed by atoms with Crippen LogP contribution in [0.4, 0.5) is 10.2 Å². The number of nitrogens with one attached hydrogen (secondary N) is 2. The lowest BCUT2D eigenvalue weighted by molar-refractivity contribution is 0.103. The molecule has 2 heterocycles. The van der Waals surface area contributed by atoms with Gasteiger partial charge in [0.05, 0.1) is 4.88 Å². The second-order valence-electron chi connectivity index (χ2n) is 5.08. The van der Waals surface area contributed by atoms with Crippen LogP contribution in [0.15, 0.2) is 30.3 Å². The first-order valence-electron chi connectivity index (χ1n) is 6.59. The minimum absolute atomic E-state index is 0.280. The van der Waals surface area contributed by atoms with E-state index in [-0.39, 0.29) is 11.7 Å². The van der Waals surface area contributed by atoms with E-state index >= 15 is 0 Å². The molecule has 1 amide bonds. The van der Waals surface area contributed by atoms with Gasteiger partial charge in [-0.25, -0.2) is 4.39 Å². The van der Waals surface area contributed by atoms with Crippen LogP contribution in [0.1, 0.15) is 35.1 Å². The summed E-state index contributed by atoms with van der Waals surface area (Å²) in [6.45, 7) is 4.07. The zero-order valence-corrected chi connectivity index (χ0v) is 12.4. The number of hydrogen-bond donors (Lipinski definition) is 2. The van der Waals surface area contributed by atoms with Gasteiger partial charge >= 0.3 is 0 Å². The summed E-state index contributed by atoms with van der Waals surface area (Å²) < 4.78 is 14.4. The van der Waals surface area contributed by atoms with Crippen LogP contribution in [-0.2, 0) is 0 Å². The molecule has 0 bridgehead atoms. The fourth-order valence-electron chi connectivity index (χ4n) is 2.01. The number of amides is 1. The molecule has 0 saturated heterocycles. The van der Waals surface area contributed by atoms with Crippen molar-refractivity contribution in [1.82, 2.24) is 10.2 Å². The fraction of sp³-hybridized carbons (Fsp3) is 0.200. The summed E-state index contributed by atoms with van der Waals surface area (Å²) in [6.07, 6.45) is 0. The van der Waals surface area contributed by atoms with Gasteiger partial charge in [0.1, 0.15) is 5.82 Å². The Hall–Kier alpha value is -2.21. The number of fused-ring (bicyclic) bond motifs is 1. The Bertz CT molecular complexity index is 806. The van der Waals surface area contributed by atoms with Crippen molar-refractivity contribution in [3.8, 4) is 0 Å². The van der Waals surface area contributed by atoms with Crippen molar-refractivity contribution >= 4 is 33.1 Å². The topological polar surface area (TPSA) is 57.8 Å². The number of halogens is 1. The van der Waals surface area contributed by atoms with Gasteiger partial charge in [0.25, 0.3) is 5.91 Å². The number of aromatic nitrogens is 2. The first-order chi connectivity index (χ1) is 10.0. The van der Waals surface area contributed by atoms with Crippen LogP contribution in [-0.4, -0.2) is 16.1 Å². The molecule has 2 N–H and O–H groups in total. The molecule has 0 radical (unpaired) electrons. The molecule has 0 unspecified atom stereocenters. The SMILES string of the molecule is CC(C)c1cc(NC(=O)c2cc3c(F)cccc3s2)n[nH]1. The van der Waals surface area contributed by atoms with Crippen LogP contribution in [0.25, 0.3) is 10.1 Å². The third-order valence-corrected chi connectivity index (χ3v) is 4.29. The fourth-order valence-corrected chi connectivity index (χ4v) is 2.98. The minimum atomic E-state index is -0.315. The summed E-state index contributed by atoms with van der Waals surface area (Å²) >= 11 is 1.26. The predicted octanol–water partition coefficient (Wildman–Crippen LogP) is 4.14. The van der Waals surface area contributed by atoms with Crippen LogP contribution >= 0.6 is 11.3 Å². The van der Waals surface area contributed by atoms with Gasteiger partial charge in [0, 0.05) is 21.8 Å². The molecular weight excluding hydrogens is 289 g/mol. The molecule has 6 heteroatoms. The molecule has 3 aromatic rings. The van der Waals surface area contributed by atoms with Crippen molar-refractivity contribution in [2.75, 3.05) is 5.32 Å². The van der Waals surface area contributed by atoms with Crippen LogP contribution in [0.5, 0.6) is 0 Å². The van der Waals surface area contributed by atoms with Crippen molar-refractivity contribution in [2.45, 2.75) is 19.8 Å². The van der Waals surface area contributed by atoms with E-state index in [1.165, 1.54) is 17.4 Å². The molecule has 4 nitrogen and oxygen atoms in total. The Kier molecular flexibility index (Phi) is 3.47.